The molecule has 5 fully saturated rings. The van der Waals surface area contributed by atoms with E-state index in [1.165, 1.54) is 7.11 Å². The largest absolute Gasteiger partial charge is 1.00 e. The molecular weight excluding hydrogens is 719 g/mol. The van der Waals surface area contributed by atoms with Gasteiger partial charge in [0.05, 0.1) is 54.9 Å². The summed E-state index contributed by atoms with van der Waals surface area (Å²) >= 11 is 0. The van der Waals surface area contributed by atoms with E-state index in [9.17, 15) is 35.4 Å². The Balaban J connectivity index is 0.00000673. The maximum absolute atomic E-state index is 13.9. The van der Waals surface area contributed by atoms with Crippen molar-refractivity contribution in [2.24, 2.45) is 41.4 Å². The number of methoxy groups -OCH3 is 1. The molecule has 0 aromatic heterocycles. The number of carbonyl (C=O) groups excluding carboxylic acids is 1. The first kappa shape index (κ1) is 47.0. The van der Waals surface area contributed by atoms with Crippen LogP contribution in [0.4, 0.5) is 0 Å². The average molecular weight is 786 g/mol. The molecule has 0 amide bonds. The van der Waals surface area contributed by atoms with Crippen molar-refractivity contribution in [3.63, 3.8) is 0 Å². The van der Waals surface area contributed by atoms with Gasteiger partial charge in [0.1, 0.15) is 0 Å². The molecule has 1 saturated carbocycles. The summed E-state index contributed by atoms with van der Waals surface area (Å²) in [5.74, 6) is -4.33. The molecular formula is C42H66NaO12-. The normalized spacial score (nSPS) is 43.2. The van der Waals surface area contributed by atoms with Crippen LogP contribution in [0.25, 0.3) is 0 Å². The molecule has 4 aliphatic heterocycles. The molecule has 55 heavy (non-hydrogen) atoms. The number of Topliss-reactive ketones (excluding diaryl/α,β-unsaturated/α-hetero) is 1. The third-order valence-electron chi connectivity index (χ3n) is 13.5. The number of ketones is 1. The summed E-state index contributed by atoms with van der Waals surface area (Å²) < 4.78 is 30.5. The van der Waals surface area contributed by atoms with Crippen molar-refractivity contribution in [2.45, 2.75) is 160 Å². The predicted octanol–water partition coefficient (Wildman–Crippen LogP) is -0.667. The molecule has 18 atom stereocenters. The van der Waals surface area contributed by atoms with Crippen LogP contribution in [-0.4, -0.2) is 113 Å². The van der Waals surface area contributed by atoms with Crippen LogP contribution in [0.3, 0.4) is 0 Å². The fourth-order valence-corrected chi connectivity index (χ4v) is 10.3. The zero-order valence-corrected chi connectivity index (χ0v) is 36.3. The monoisotopic (exact) mass is 785 g/mol. The topological polar surface area (TPSA) is 190 Å². The minimum Gasteiger partial charge on any atom is -0.850 e. The number of rotatable bonds is 14. The van der Waals surface area contributed by atoms with E-state index in [-0.39, 0.29) is 78.2 Å². The van der Waals surface area contributed by atoms with Crippen molar-refractivity contribution < 1.29 is 88.7 Å². The summed E-state index contributed by atoms with van der Waals surface area (Å²) in [6.07, 6.45) is 2.94. The Morgan fingerprint density at radius 3 is 2.42 bits per heavy atom. The number of hydrogen-bond donors (Lipinski definition) is 4. The maximum Gasteiger partial charge on any atom is 1.00 e. The van der Waals surface area contributed by atoms with Gasteiger partial charge in [-0.15, -0.1) is 0 Å². The van der Waals surface area contributed by atoms with E-state index in [2.05, 4.69) is 40.3 Å². The van der Waals surface area contributed by atoms with Crippen LogP contribution in [-0.2, 0) is 28.5 Å². The van der Waals surface area contributed by atoms with Gasteiger partial charge in [-0.1, -0.05) is 52.5 Å². The third-order valence-corrected chi connectivity index (χ3v) is 13.5. The molecule has 13 heteroatoms. The molecule has 18 unspecified atom stereocenters. The molecule has 4 N–H and O–H groups in total. The minimum atomic E-state index is -1.92. The summed E-state index contributed by atoms with van der Waals surface area (Å²) in [5.41, 5.74) is 1.33. The van der Waals surface area contributed by atoms with Crippen molar-refractivity contribution >= 4 is 5.78 Å². The third kappa shape index (κ3) is 10.0. The van der Waals surface area contributed by atoms with Gasteiger partial charge in [-0.3, -0.25) is 4.79 Å². The SMILES string of the molecule is C=C1OC([O-])C(C([O-])C(OC)C2C(/C=C(\CO)C3CCC(C)C(/C(C)=C/CC4OC(C)(C5CCC(C(O)CC)O5)CC4C)O3)CC(C)C(O)C2CO)C1=O.[Na+]. The molecule has 5 rings (SSSR count). The fourth-order valence-electron chi connectivity index (χ4n) is 10.3. The zero-order chi connectivity index (χ0) is 39.6. The van der Waals surface area contributed by atoms with E-state index in [4.69, 9.17) is 23.7 Å². The molecule has 0 aromatic rings. The number of hydrogen-bond acceptors (Lipinski definition) is 12. The van der Waals surface area contributed by atoms with Crippen molar-refractivity contribution in [1.82, 2.24) is 0 Å². The summed E-state index contributed by atoms with van der Waals surface area (Å²) in [6.45, 7) is 15.2. The summed E-state index contributed by atoms with van der Waals surface area (Å²) in [6, 6.07) is 0. The van der Waals surface area contributed by atoms with Crippen molar-refractivity contribution in [3.05, 3.63) is 35.6 Å². The molecule has 0 bridgehead atoms. The van der Waals surface area contributed by atoms with Crippen LogP contribution < -0.4 is 39.8 Å². The van der Waals surface area contributed by atoms with Gasteiger partial charge in [-0.05, 0) is 106 Å². The molecule has 4 heterocycles. The molecule has 0 radical (unpaired) electrons. The fraction of sp³-hybridized carbons (Fsp3) is 0.833. The summed E-state index contributed by atoms with van der Waals surface area (Å²) in [4.78, 5) is 12.7. The molecule has 12 nitrogen and oxygen atoms in total. The Morgan fingerprint density at radius 1 is 1.11 bits per heavy atom. The Kier molecular flexibility index (Phi) is 17.1. The Bertz CT molecular complexity index is 1360. The van der Waals surface area contributed by atoms with E-state index in [0.717, 1.165) is 37.7 Å². The van der Waals surface area contributed by atoms with Gasteiger partial charge >= 0.3 is 29.6 Å². The first-order valence-corrected chi connectivity index (χ1v) is 20.3. The summed E-state index contributed by atoms with van der Waals surface area (Å²) in [7, 11) is 1.33. The van der Waals surface area contributed by atoms with E-state index >= 15 is 0 Å². The number of carbonyl (C=O) groups is 1. The number of allylic oxidation sites excluding steroid dienone is 2. The maximum atomic E-state index is 13.9. The second kappa shape index (κ2) is 20.0. The van der Waals surface area contributed by atoms with E-state index in [0.29, 0.717) is 30.8 Å². The van der Waals surface area contributed by atoms with Gasteiger partial charge in [0, 0.05) is 37.9 Å². The second-order valence-corrected chi connectivity index (χ2v) is 17.3. The van der Waals surface area contributed by atoms with Crippen LogP contribution >= 0.6 is 0 Å². The Labute approximate surface area is 350 Å². The van der Waals surface area contributed by atoms with Gasteiger partial charge in [0.15, 0.2) is 5.76 Å². The number of aliphatic hydroxyl groups is 4. The van der Waals surface area contributed by atoms with Gasteiger partial charge in [0.25, 0.3) is 0 Å². The Hall–Kier alpha value is -0.710. The average Bonchev–Trinajstić information content (AvgIpc) is 3.83. The van der Waals surface area contributed by atoms with Crippen molar-refractivity contribution in [3.8, 4) is 0 Å². The molecule has 5 aliphatic rings. The first-order chi connectivity index (χ1) is 25.6. The summed E-state index contributed by atoms with van der Waals surface area (Å²) in [5, 5.41) is 69.4. The first-order valence-electron chi connectivity index (χ1n) is 20.3. The van der Waals surface area contributed by atoms with E-state index in [1.54, 1.807) is 0 Å². The van der Waals surface area contributed by atoms with Crippen LogP contribution in [0.15, 0.2) is 35.6 Å². The van der Waals surface area contributed by atoms with Gasteiger partial charge < -0.3 is 54.3 Å². The Morgan fingerprint density at radius 2 is 1.82 bits per heavy atom. The van der Waals surface area contributed by atoms with E-state index < -0.39 is 78.5 Å². The zero-order valence-electron chi connectivity index (χ0n) is 34.3. The second-order valence-electron chi connectivity index (χ2n) is 17.3. The van der Waals surface area contributed by atoms with E-state index in [1.807, 2.05) is 19.9 Å². The van der Waals surface area contributed by atoms with Crippen LogP contribution in [0.2, 0.25) is 0 Å². The van der Waals surface area contributed by atoms with Crippen molar-refractivity contribution in [2.75, 3.05) is 20.3 Å². The van der Waals surface area contributed by atoms with Crippen LogP contribution in [0.1, 0.15) is 92.9 Å². The number of ether oxygens (including phenoxy) is 5. The van der Waals surface area contributed by atoms with Gasteiger partial charge in [-0.25, -0.2) is 0 Å². The van der Waals surface area contributed by atoms with Gasteiger partial charge in [0.2, 0.25) is 5.78 Å². The standard InChI is InChI=1S/C42H66O12.Na/c1-9-29(45)32-14-15-33(52-32)42(7)18-24(5)30(54-42)12-10-21(2)39-22(3)11-13-31(53-39)27(19-43)17-26-16-23(4)36(46)28(20-44)34(26)40(50-8)38(48)35-37(47)25(6)51-41(35)49;/h10,17,22-24,26,28-36,38-41,43-46H,6,9,11-16,18-20H2,1-5,7-8H3;/q-2;+1/b21-10+,27-17+;. The molecule has 1 aliphatic carbocycles. The molecule has 0 spiro atoms. The molecule has 308 valence electrons. The van der Waals surface area contributed by atoms with Crippen molar-refractivity contribution in [1.29, 1.82) is 0 Å². The quantitative estimate of drug-likeness (QED) is 0.0990. The minimum absolute atomic E-state index is 0. The van der Waals surface area contributed by atoms with Crippen LogP contribution in [0, 0.1) is 41.4 Å². The van der Waals surface area contributed by atoms with Crippen LogP contribution in [0.5, 0.6) is 0 Å². The molecule has 0 aromatic carbocycles. The number of aliphatic hydroxyl groups excluding tert-OH is 4. The predicted molar refractivity (Wildman–Crippen MR) is 196 cm³/mol. The smallest absolute Gasteiger partial charge is 0.850 e. The molecule has 4 saturated heterocycles. The van der Waals surface area contributed by atoms with Gasteiger partial charge in [-0.2, -0.15) is 0 Å².